The lowest BCUT2D eigenvalue weighted by Crippen LogP contribution is -2.48. The Morgan fingerprint density at radius 2 is 2.14 bits per heavy atom. The van der Waals surface area contributed by atoms with Crippen LogP contribution in [-0.4, -0.2) is 65.4 Å². The third-order valence-electron chi connectivity index (χ3n) is 4.77. The number of nitrogens with one attached hydrogen (secondary N) is 1. The number of aromatic nitrogens is 1. The number of aryl methyl sites for hydroxylation is 1. The van der Waals surface area contributed by atoms with Crippen molar-refractivity contribution in [3.05, 3.63) is 16.1 Å². The van der Waals surface area contributed by atoms with Gasteiger partial charge < -0.3 is 15.2 Å². The molecule has 2 aliphatic rings. The fourth-order valence-electron chi connectivity index (χ4n) is 3.37. The molecule has 1 aromatic rings. The van der Waals surface area contributed by atoms with Crippen LogP contribution in [0.1, 0.15) is 24.4 Å². The Kier molecular flexibility index (Phi) is 7.05. The summed E-state index contributed by atoms with van der Waals surface area (Å²) in [5, 5.41) is 10.2. The molecule has 3 heterocycles. The van der Waals surface area contributed by atoms with Crippen molar-refractivity contribution >= 4 is 23.2 Å². The molecule has 11 heteroatoms. The number of carboxylic acids is 1. The summed E-state index contributed by atoms with van der Waals surface area (Å²) in [7, 11) is 0. The molecule has 2 saturated heterocycles. The number of hydrogen-bond acceptors (Lipinski definition) is 6. The van der Waals surface area contributed by atoms with Gasteiger partial charge in [-0.15, -0.1) is 11.3 Å². The summed E-state index contributed by atoms with van der Waals surface area (Å²) >= 11 is 1.70. The molecule has 28 heavy (non-hydrogen) atoms. The number of thiazole rings is 1. The summed E-state index contributed by atoms with van der Waals surface area (Å²) in [4.78, 5) is 29.5. The van der Waals surface area contributed by atoms with E-state index in [0.717, 1.165) is 25.3 Å². The van der Waals surface area contributed by atoms with Gasteiger partial charge in [-0.3, -0.25) is 9.69 Å². The SMILES string of the molecule is Cc1ncsc1CN1C[C@@H]2COC[C@]2(C(=O)NC(C)C)C1.O=C(O)C(F)(F)F. The maximum absolute atomic E-state index is 12.6. The second kappa shape index (κ2) is 8.75. The summed E-state index contributed by atoms with van der Waals surface area (Å²) < 4.78 is 37.4. The third-order valence-corrected chi connectivity index (χ3v) is 5.69. The first-order chi connectivity index (χ1) is 13.0. The predicted molar refractivity (Wildman–Crippen MR) is 95.8 cm³/mol. The Balaban J connectivity index is 0.000000345. The number of nitrogens with zero attached hydrogens (tertiary/aromatic N) is 2. The quantitative estimate of drug-likeness (QED) is 0.770. The highest BCUT2D eigenvalue weighted by Crippen LogP contribution is 2.42. The van der Waals surface area contributed by atoms with E-state index in [1.54, 1.807) is 11.3 Å². The number of hydrogen-bond donors (Lipinski definition) is 2. The van der Waals surface area contributed by atoms with Crippen molar-refractivity contribution in [2.45, 2.75) is 39.5 Å². The Morgan fingerprint density at radius 1 is 1.50 bits per heavy atom. The van der Waals surface area contributed by atoms with E-state index in [4.69, 9.17) is 14.6 Å². The van der Waals surface area contributed by atoms with Crippen LogP contribution in [0.2, 0.25) is 0 Å². The normalized spacial score (nSPS) is 24.6. The van der Waals surface area contributed by atoms with Gasteiger partial charge in [0.25, 0.3) is 0 Å². The molecule has 0 saturated carbocycles. The Morgan fingerprint density at radius 3 is 2.64 bits per heavy atom. The molecule has 0 aromatic carbocycles. The summed E-state index contributed by atoms with van der Waals surface area (Å²) in [5.41, 5.74) is 2.64. The predicted octanol–water partition coefficient (Wildman–Crippen LogP) is 2.06. The number of fused-ring (bicyclic) bond motifs is 1. The maximum atomic E-state index is 12.6. The van der Waals surface area contributed by atoms with Gasteiger partial charge in [0.2, 0.25) is 5.91 Å². The van der Waals surface area contributed by atoms with Crippen LogP contribution in [-0.2, 0) is 20.9 Å². The van der Waals surface area contributed by atoms with Crippen LogP contribution in [0.15, 0.2) is 5.51 Å². The minimum Gasteiger partial charge on any atom is -0.475 e. The minimum atomic E-state index is -5.08. The van der Waals surface area contributed by atoms with E-state index in [2.05, 4.69) is 15.2 Å². The molecule has 0 unspecified atom stereocenters. The number of aliphatic carboxylic acids is 1. The maximum Gasteiger partial charge on any atom is 0.490 e. The number of halogens is 3. The molecule has 1 amide bonds. The molecule has 158 valence electrons. The fraction of sp³-hybridized carbons (Fsp3) is 0.706. The first kappa shape index (κ1) is 22.6. The average Bonchev–Trinajstić information content (AvgIpc) is 3.22. The average molecular weight is 423 g/mol. The van der Waals surface area contributed by atoms with Crippen molar-refractivity contribution in [1.29, 1.82) is 0 Å². The zero-order chi connectivity index (χ0) is 21.1. The van der Waals surface area contributed by atoms with Crippen LogP contribution in [0.3, 0.4) is 0 Å². The van der Waals surface area contributed by atoms with E-state index in [1.165, 1.54) is 4.88 Å². The van der Waals surface area contributed by atoms with Gasteiger partial charge in [0.05, 0.1) is 29.8 Å². The van der Waals surface area contributed by atoms with Crippen LogP contribution in [0.5, 0.6) is 0 Å². The van der Waals surface area contributed by atoms with E-state index in [-0.39, 0.29) is 17.4 Å². The van der Waals surface area contributed by atoms with Gasteiger partial charge in [0.1, 0.15) is 0 Å². The third kappa shape index (κ3) is 5.21. The molecule has 2 aliphatic heterocycles. The molecule has 2 fully saturated rings. The second-order valence-electron chi connectivity index (χ2n) is 7.33. The van der Waals surface area contributed by atoms with Crippen LogP contribution in [0.25, 0.3) is 0 Å². The molecule has 0 radical (unpaired) electrons. The monoisotopic (exact) mass is 423 g/mol. The fourth-order valence-corrected chi connectivity index (χ4v) is 4.19. The number of likely N-dealkylation sites (tertiary alicyclic amines) is 1. The van der Waals surface area contributed by atoms with Crippen LogP contribution in [0.4, 0.5) is 13.2 Å². The number of alkyl halides is 3. The van der Waals surface area contributed by atoms with Gasteiger partial charge in [0.15, 0.2) is 0 Å². The first-order valence-electron chi connectivity index (χ1n) is 8.76. The number of carbonyl (C=O) groups is 2. The van der Waals surface area contributed by atoms with Crippen molar-refractivity contribution < 1.29 is 32.6 Å². The van der Waals surface area contributed by atoms with Gasteiger partial charge in [0, 0.05) is 36.5 Å². The highest BCUT2D eigenvalue weighted by atomic mass is 32.1. The second-order valence-corrected chi connectivity index (χ2v) is 8.27. The van der Waals surface area contributed by atoms with E-state index >= 15 is 0 Å². The molecule has 0 spiro atoms. The zero-order valence-corrected chi connectivity index (χ0v) is 16.7. The molecular formula is C17H24F3N3O4S. The highest BCUT2D eigenvalue weighted by molar-refractivity contribution is 7.09. The number of rotatable bonds is 4. The van der Waals surface area contributed by atoms with Gasteiger partial charge in [-0.1, -0.05) is 0 Å². The number of ether oxygens (including phenoxy) is 1. The van der Waals surface area contributed by atoms with Crippen molar-refractivity contribution in [3.63, 3.8) is 0 Å². The van der Waals surface area contributed by atoms with E-state index in [9.17, 15) is 18.0 Å². The molecule has 0 aliphatic carbocycles. The van der Waals surface area contributed by atoms with Crippen molar-refractivity contribution in [1.82, 2.24) is 15.2 Å². The molecule has 0 bridgehead atoms. The van der Waals surface area contributed by atoms with Crippen LogP contribution in [0, 0.1) is 18.3 Å². The standard InChI is InChI=1S/C15H23N3O2S.C2HF3O2/c1-10(2)17-14(19)15-7-18(4-12(15)6-20-8-15)5-13-11(3)16-9-21-13;3-2(4,5)1(6)7/h9-10,12H,4-8H2,1-3H3,(H,17,19);(H,6,7)/t12-,15-;/m1./s1. The summed E-state index contributed by atoms with van der Waals surface area (Å²) in [5.74, 6) is -2.29. The lowest BCUT2D eigenvalue weighted by molar-refractivity contribution is -0.192. The van der Waals surface area contributed by atoms with E-state index in [1.807, 2.05) is 26.3 Å². The summed E-state index contributed by atoms with van der Waals surface area (Å²) in [6, 6.07) is 0.172. The van der Waals surface area contributed by atoms with Gasteiger partial charge >= 0.3 is 12.1 Å². The Bertz CT molecular complexity index is 710. The van der Waals surface area contributed by atoms with Crippen LogP contribution < -0.4 is 5.32 Å². The highest BCUT2D eigenvalue weighted by Gasteiger charge is 2.55. The molecule has 1 aromatic heterocycles. The lowest BCUT2D eigenvalue weighted by atomic mass is 9.80. The number of amides is 1. The van der Waals surface area contributed by atoms with Gasteiger partial charge in [-0.2, -0.15) is 13.2 Å². The molecule has 7 nitrogen and oxygen atoms in total. The number of carboxylic acid groups (broad SMARTS) is 1. The minimum absolute atomic E-state index is 0.156. The molecule has 2 atom stereocenters. The van der Waals surface area contributed by atoms with Crippen molar-refractivity contribution in [3.8, 4) is 0 Å². The molecule has 2 N–H and O–H groups in total. The summed E-state index contributed by atoms with van der Waals surface area (Å²) in [6.07, 6.45) is -5.08. The molecule has 3 rings (SSSR count). The summed E-state index contributed by atoms with van der Waals surface area (Å²) in [6.45, 7) is 9.92. The van der Waals surface area contributed by atoms with E-state index in [0.29, 0.717) is 19.1 Å². The Labute approximate surface area is 164 Å². The smallest absolute Gasteiger partial charge is 0.475 e. The first-order valence-corrected chi connectivity index (χ1v) is 9.64. The van der Waals surface area contributed by atoms with E-state index < -0.39 is 12.1 Å². The largest absolute Gasteiger partial charge is 0.490 e. The molecular weight excluding hydrogens is 399 g/mol. The van der Waals surface area contributed by atoms with Crippen molar-refractivity contribution in [2.75, 3.05) is 26.3 Å². The lowest BCUT2D eigenvalue weighted by Gasteiger charge is -2.27. The van der Waals surface area contributed by atoms with Crippen molar-refractivity contribution in [2.24, 2.45) is 11.3 Å². The van der Waals surface area contributed by atoms with Gasteiger partial charge in [-0.25, -0.2) is 9.78 Å². The van der Waals surface area contributed by atoms with Gasteiger partial charge in [-0.05, 0) is 20.8 Å². The Hall–Kier alpha value is -1.72. The number of carbonyl (C=O) groups excluding carboxylic acids is 1. The zero-order valence-electron chi connectivity index (χ0n) is 15.9. The van der Waals surface area contributed by atoms with Crippen LogP contribution >= 0.6 is 11.3 Å². The topological polar surface area (TPSA) is 91.8 Å².